The standard InChI is InChI=1S/C14H18BrClO4S/c1-2-3-4-5-6-9-20-14(17)11-7-8-12(15)13(10-11)21(16,18)19/h7-8,10H,2-6,9H2,1H3. The zero-order chi connectivity index (χ0) is 15.9. The van der Waals surface area contributed by atoms with Gasteiger partial charge in [0.05, 0.1) is 17.1 Å². The van der Waals surface area contributed by atoms with Crippen LogP contribution in [-0.4, -0.2) is 21.0 Å². The van der Waals surface area contributed by atoms with E-state index in [1.165, 1.54) is 24.6 Å². The van der Waals surface area contributed by atoms with E-state index in [4.69, 9.17) is 15.4 Å². The van der Waals surface area contributed by atoms with Gasteiger partial charge in [0.2, 0.25) is 0 Å². The number of hydrogen-bond acceptors (Lipinski definition) is 4. The van der Waals surface area contributed by atoms with Crippen LogP contribution < -0.4 is 0 Å². The minimum atomic E-state index is -3.91. The summed E-state index contributed by atoms with van der Waals surface area (Å²) in [5.41, 5.74) is 0.172. The normalized spacial score (nSPS) is 11.4. The van der Waals surface area contributed by atoms with Crippen LogP contribution in [0.15, 0.2) is 27.6 Å². The molecule has 0 N–H and O–H groups in total. The Hall–Kier alpha value is -0.590. The van der Waals surface area contributed by atoms with E-state index < -0.39 is 15.0 Å². The number of halogens is 2. The van der Waals surface area contributed by atoms with E-state index in [0.717, 1.165) is 25.7 Å². The number of carbonyl (C=O) groups is 1. The van der Waals surface area contributed by atoms with Crippen LogP contribution in [-0.2, 0) is 13.8 Å². The molecule has 21 heavy (non-hydrogen) atoms. The van der Waals surface area contributed by atoms with Gasteiger partial charge in [-0.3, -0.25) is 0 Å². The maximum atomic E-state index is 11.8. The molecule has 1 aromatic carbocycles. The Labute approximate surface area is 138 Å². The van der Waals surface area contributed by atoms with Crippen LogP contribution in [0.4, 0.5) is 0 Å². The molecule has 0 spiro atoms. The van der Waals surface area contributed by atoms with Crippen LogP contribution in [0.25, 0.3) is 0 Å². The van der Waals surface area contributed by atoms with Crippen molar-refractivity contribution in [1.29, 1.82) is 0 Å². The average molecular weight is 398 g/mol. The first-order valence-electron chi connectivity index (χ1n) is 6.77. The highest BCUT2D eigenvalue weighted by Gasteiger charge is 2.18. The monoisotopic (exact) mass is 396 g/mol. The molecule has 0 fully saturated rings. The fourth-order valence-corrected chi connectivity index (χ4v) is 3.89. The van der Waals surface area contributed by atoms with Crippen molar-refractivity contribution in [2.45, 2.75) is 43.9 Å². The second-order valence-electron chi connectivity index (χ2n) is 4.63. The molecular weight excluding hydrogens is 380 g/mol. The fourth-order valence-electron chi connectivity index (χ4n) is 1.77. The zero-order valence-electron chi connectivity index (χ0n) is 11.8. The second kappa shape index (κ2) is 8.76. The van der Waals surface area contributed by atoms with Crippen molar-refractivity contribution in [2.75, 3.05) is 6.61 Å². The third-order valence-corrected chi connectivity index (χ3v) is 5.23. The second-order valence-corrected chi connectivity index (χ2v) is 8.02. The number of hydrogen-bond donors (Lipinski definition) is 0. The van der Waals surface area contributed by atoms with Crippen molar-refractivity contribution in [3.05, 3.63) is 28.2 Å². The molecule has 0 heterocycles. The number of esters is 1. The van der Waals surface area contributed by atoms with E-state index in [2.05, 4.69) is 22.9 Å². The van der Waals surface area contributed by atoms with Crippen molar-refractivity contribution in [1.82, 2.24) is 0 Å². The van der Waals surface area contributed by atoms with Gasteiger partial charge >= 0.3 is 5.97 Å². The summed E-state index contributed by atoms with van der Waals surface area (Å²) in [5.74, 6) is -0.542. The third-order valence-electron chi connectivity index (χ3n) is 2.91. The Morgan fingerprint density at radius 2 is 1.90 bits per heavy atom. The van der Waals surface area contributed by atoms with E-state index in [1.807, 2.05) is 0 Å². The topological polar surface area (TPSA) is 60.4 Å². The van der Waals surface area contributed by atoms with Crippen LogP contribution in [0.5, 0.6) is 0 Å². The van der Waals surface area contributed by atoms with E-state index in [1.54, 1.807) is 0 Å². The summed E-state index contributed by atoms with van der Waals surface area (Å²) in [7, 11) is 1.40. The summed E-state index contributed by atoms with van der Waals surface area (Å²) in [6.45, 7) is 2.47. The lowest BCUT2D eigenvalue weighted by molar-refractivity contribution is 0.0497. The Bertz CT molecular complexity index is 587. The molecule has 0 aromatic heterocycles. The van der Waals surface area contributed by atoms with Gasteiger partial charge in [0.15, 0.2) is 0 Å². The van der Waals surface area contributed by atoms with Crippen LogP contribution in [0.1, 0.15) is 49.4 Å². The van der Waals surface area contributed by atoms with E-state index in [-0.39, 0.29) is 10.5 Å². The van der Waals surface area contributed by atoms with Crippen molar-refractivity contribution < 1.29 is 17.9 Å². The number of ether oxygens (including phenoxy) is 1. The quantitative estimate of drug-likeness (QED) is 0.368. The molecule has 0 aliphatic heterocycles. The van der Waals surface area contributed by atoms with Gasteiger partial charge in [0.25, 0.3) is 9.05 Å². The zero-order valence-corrected chi connectivity index (χ0v) is 14.9. The highest BCUT2D eigenvalue weighted by molar-refractivity contribution is 9.10. The molecule has 0 atom stereocenters. The van der Waals surface area contributed by atoms with Gasteiger partial charge in [-0.25, -0.2) is 13.2 Å². The summed E-state index contributed by atoms with van der Waals surface area (Å²) in [4.78, 5) is 11.7. The summed E-state index contributed by atoms with van der Waals surface area (Å²) in [5, 5.41) is 0. The molecule has 0 aliphatic carbocycles. The smallest absolute Gasteiger partial charge is 0.338 e. The molecule has 118 valence electrons. The fraction of sp³-hybridized carbons (Fsp3) is 0.500. The molecule has 0 amide bonds. The van der Waals surface area contributed by atoms with Crippen LogP contribution in [0, 0.1) is 0 Å². The predicted octanol–water partition coefficient (Wildman–Crippen LogP) is 4.50. The van der Waals surface area contributed by atoms with Crippen molar-refractivity contribution >= 4 is 41.6 Å². The maximum absolute atomic E-state index is 11.8. The van der Waals surface area contributed by atoms with Gasteiger partial charge in [-0.05, 0) is 40.5 Å². The van der Waals surface area contributed by atoms with Gasteiger partial charge < -0.3 is 4.74 Å². The van der Waals surface area contributed by atoms with Gasteiger partial charge in [0.1, 0.15) is 0 Å². The first-order valence-corrected chi connectivity index (χ1v) is 9.88. The largest absolute Gasteiger partial charge is 0.462 e. The Balaban J connectivity index is 2.59. The summed E-state index contributed by atoms with van der Waals surface area (Å²) < 4.78 is 28.2. The van der Waals surface area contributed by atoms with E-state index >= 15 is 0 Å². The lowest BCUT2D eigenvalue weighted by Gasteiger charge is -2.07. The minimum Gasteiger partial charge on any atom is -0.462 e. The average Bonchev–Trinajstić information content (AvgIpc) is 2.41. The molecule has 0 saturated heterocycles. The summed E-state index contributed by atoms with van der Waals surface area (Å²) in [6.07, 6.45) is 5.29. The number of benzene rings is 1. The minimum absolute atomic E-state index is 0.137. The van der Waals surface area contributed by atoms with Crippen LogP contribution in [0.3, 0.4) is 0 Å². The molecule has 7 heteroatoms. The molecule has 1 aromatic rings. The first kappa shape index (κ1) is 18.5. The Morgan fingerprint density at radius 1 is 1.24 bits per heavy atom. The lowest BCUT2D eigenvalue weighted by Crippen LogP contribution is -2.07. The van der Waals surface area contributed by atoms with Crippen molar-refractivity contribution in [3.8, 4) is 0 Å². The van der Waals surface area contributed by atoms with Crippen LogP contribution >= 0.6 is 26.6 Å². The van der Waals surface area contributed by atoms with Gasteiger partial charge in [-0.1, -0.05) is 32.6 Å². The number of carbonyl (C=O) groups excluding carboxylic acids is 1. The highest BCUT2D eigenvalue weighted by atomic mass is 79.9. The third kappa shape index (κ3) is 6.36. The van der Waals surface area contributed by atoms with Crippen molar-refractivity contribution in [2.24, 2.45) is 0 Å². The van der Waals surface area contributed by atoms with Gasteiger partial charge in [0, 0.05) is 15.2 Å². The number of rotatable bonds is 8. The molecule has 0 radical (unpaired) electrons. The maximum Gasteiger partial charge on any atom is 0.338 e. The summed E-state index contributed by atoms with van der Waals surface area (Å²) >= 11 is 3.09. The highest BCUT2D eigenvalue weighted by Crippen LogP contribution is 2.26. The predicted molar refractivity (Wildman–Crippen MR) is 86.2 cm³/mol. The van der Waals surface area contributed by atoms with Crippen LogP contribution in [0.2, 0.25) is 0 Å². The first-order chi connectivity index (χ1) is 9.86. The Kier molecular flexibility index (Phi) is 7.70. The van der Waals surface area contributed by atoms with E-state index in [0.29, 0.717) is 11.1 Å². The molecule has 0 saturated carbocycles. The van der Waals surface area contributed by atoms with E-state index in [9.17, 15) is 13.2 Å². The number of unbranched alkanes of at least 4 members (excludes halogenated alkanes) is 4. The summed E-state index contributed by atoms with van der Waals surface area (Å²) in [6, 6.07) is 4.17. The molecule has 0 bridgehead atoms. The molecule has 0 unspecified atom stereocenters. The molecule has 1 rings (SSSR count). The van der Waals surface area contributed by atoms with Crippen molar-refractivity contribution in [3.63, 3.8) is 0 Å². The molecule has 4 nitrogen and oxygen atoms in total. The lowest BCUT2D eigenvalue weighted by atomic mass is 10.2. The molecular formula is C14H18BrClO4S. The van der Waals surface area contributed by atoms with Gasteiger partial charge in [-0.2, -0.15) is 0 Å². The SMILES string of the molecule is CCCCCCCOC(=O)c1ccc(Br)c(S(=O)(=O)Cl)c1. The Morgan fingerprint density at radius 3 is 2.52 bits per heavy atom. The molecule has 0 aliphatic rings. The van der Waals surface area contributed by atoms with Gasteiger partial charge in [-0.15, -0.1) is 0 Å².